The summed E-state index contributed by atoms with van der Waals surface area (Å²) < 4.78 is 33.6. The van der Waals surface area contributed by atoms with Gasteiger partial charge >= 0.3 is 5.97 Å². The quantitative estimate of drug-likeness (QED) is 0.514. The Bertz CT molecular complexity index is 1070. The Balaban J connectivity index is 2.25. The summed E-state index contributed by atoms with van der Waals surface area (Å²) >= 11 is 5.74. The van der Waals surface area contributed by atoms with E-state index in [0.29, 0.717) is 5.56 Å². The Hall–Kier alpha value is -2.80. The van der Waals surface area contributed by atoms with Gasteiger partial charge in [0.2, 0.25) is 5.43 Å². The lowest BCUT2D eigenvalue weighted by Gasteiger charge is -2.13. The van der Waals surface area contributed by atoms with Gasteiger partial charge in [0.05, 0.1) is 12.0 Å². The maximum Gasteiger partial charge on any atom is 0.343 e. The van der Waals surface area contributed by atoms with E-state index < -0.39 is 28.2 Å². The van der Waals surface area contributed by atoms with Crippen LogP contribution >= 0.6 is 11.6 Å². The molecular weight excluding hydrogens is 366 g/mol. The van der Waals surface area contributed by atoms with Crippen molar-refractivity contribution in [3.8, 4) is 0 Å². The molecule has 0 radical (unpaired) electrons. The number of halogens is 3. The lowest BCUT2D eigenvalue weighted by Crippen LogP contribution is -2.22. The van der Waals surface area contributed by atoms with E-state index in [-0.39, 0.29) is 29.7 Å². The number of carbonyl (C=O) groups excluding carboxylic acids is 1. The summed E-state index contributed by atoms with van der Waals surface area (Å²) in [6.45, 7) is 1.77. The fourth-order valence-corrected chi connectivity index (χ4v) is 2.71. The van der Waals surface area contributed by atoms with Crippen molar-refractivity contribution in [1.82, 2.24) is 9.55 Å². The van der Waals surface area contributed by atoms with Crippen LogP contribution in [0, 0.1) is 11.6 Å². The van der Waals surface area contributed by atoms with Crippen molar-refractivity contribution >= 4 is 28.6 Å². The zero-order chi connectivity index (χ0) is 18.8. The van der Waals surface area contributed by atoms with Crippen molar-refractivity contribution in [1.29, 1.82) is 0 Å². The molecule has 26 heavy (non-hydrogen) atoms. The van der Waals surface area contributed by atoms with Crippen LogP contribution in [-0.4, -0.2) is 22.1 Å². The average molecular weight is 379 g/mol. The molecular formula is C18H13ClF2N2O3. The van der Waals surface area contributed by atoms with Crippen molar-refractivity contribution in [3.63, 3.8) is 0 Å². The third kappa shape index (κ3) is 3.43. The third-order valence-corrected chi connectivity index (χ3v) is 3.96. The van der Waals surface area contributed by atoms with Crippen LogP contribution in [0.4, 0.5) is 8.78 Å². The van der Waals surface area contributed by atoms with Crippen LogP contribution < -0.4 is 5.43 Å². The molecule has 5 nitrogen and oxygen atoms in total. The number of hydrogen-bond donors (Lipinski definition) is 0. The number of pyridine rings is 2. The van der Waals surface area contributed by atoms with Gasteiger partial charge in [0.15, 0.2) is 11.0 Å². The van der Waals surface area contributed by atoms with Crippen molar-refractivity contribution in [3.05, 3.63) is 74.7 Å². The average Bonchev–Trinajstić information content (AvgIpc) is 2.59. The Morgan fingerprint density at radius 2 is 2.08 bits per heavy atom. The van der Waals surface area contributed by atoms with E-state index in [4.69, 9.17) is 16.3 Å². The third-order valence-electron chi connectivity index (χ3n) is 3.70. The number of nitrogens with zero attached hydrogens (tertiary/aromatic N) is 2. The van der Waals surface area contributed by atoms with E-state index in [9.17, 15) is 18.4 Å². The summed E-state index contributed by atoms with van der Waals surface area (Å²) in [4.78, 5) is 28.5. The first kappa shape index (κ1) is 18.0. The Morgan fingerprint density at radius 1 is 1.31 bits per heavy atom. The van der Waals surface area contributed by atoms with Crippen LogP contribution in [0.2, 0.25) is 5.15 Å². The molecule has 0 atom stereocenters. The van der Waals surface area contributed by atoms with Gasteiger partial charge < -0.3 is 9.30 Å². The second-order valence-electron chi connectivity index (χ2n) is 5.48. The number of fused-ring (bicyclic) bond motifs is 1. The number of esters is 1. The van der Waals surface area contributed by atoms with Crippen LogP contribution in [0.25, 0.3) is 11.0 Å². The normalized spacial score (nSPS) is 10.9. The summed E-state index contributed by atoms with van der Waals surface area (Å²) in [5.41, 5.74) is -0.331. The molecule has 0 saturated heterocycles. The molecule has 0 unspecified atom stereocenters. The van der Waals surface area contributed by atoms with Gasteiger partial charge in [-0.05, 0) is 30.7 Å². The lowest BCUT2D eigenvalue weighted by molar-refractivity contribution is 0.0524. The molecule has 0 fully saturated rings. The van der Waals surface area contributed by atoms with Crippen molar-refractivity contribution in [2.45, 2.75) is 13.5 Å². The van der Waals surface area contributed by atoms with Gasteiger partial charge in [-0.15, -0.1) is 0 Å². The summed E-state index contributed by atoms with van der Waals surface area (Å²) in [7, 11) is 0. The monoisotopic (exact) mass is 378 g/mol. The predicted molar refractivity (Wildman–Crippen MR) is 92.4 cm³/mol. The zero-order valence-electron chi connectivity index (χ0n) is 13.6. The van der Waals surface area contributed by atoms with Gasteiger partial charge in [0.25, 0.3) is 0 Å². The molecule has 0 aliphatic heterocycles. The van der Waals surface area contributed by atoms with Gasteiger partial charge in [-0.1, -0.05) is 23.7 Å². The Labute approximate surface area is 151 Å². The SMILES string of the molecule is CCOC(=O)c1cn(Cc2cccc(F)c2)c2nc(Cl)c(F)cc2c1=O. The van der Waals surface area contributed by atoms with E-state index in [1.165, 1.54) is 29.0 Å². The molecule has 0 aliphatic rings. The number of benzene rings is 1. The van der Waals surface area contributed by atoms with Crippen LogP contribution in [0.3, 0.4) is 0 Å². The molecule has 1 aromatic carbocycles. The van der Waals surface area contributed by atoms with Crippen molar-refractivity contribution in [2.24, 2.45) is 0 Å². The maximum atomic E-state index is 13.8. The second-order valence-corrected chi connectivity index (χ2v) is 5.84. The first-order valence-corrected chi connectivity index (χ1v) is 8.09. The molecule has 2 heterocycles. The van der Waals surface area contributed by atoms with Gasteiger partial charge in [-0.2, -0.15) is 0 Å². The van der Waals surface area contributed by atoms with Crippen LogP contribution in [0.5, 0.6) is 0 Å². The fraction of sp³-hybridized carbons (Fsp3) is 0.167. The predicted octanol–water partition coefficient (Wildman–Crippen LogP) is 3.55. The summed E-state index contributed by atoms with van der Waals surface area (Å²) in [5.74, 6) is -2.15. The molecule has 0 N–H and O–H groups in total. The number of ether oxygens (including phenoxy) is 1. The van der Waals surface area contributed by atoms with Crippen LogP contribution in [0.1, 0.15) is 22.8 Å². The first-order valence-electron chi connectivity index (χ1n) is 7.71. The highest BCUT2D eigenvalue weighted by Gasteiger charge is 2.19. The highest BCUT2D eigenvalue weighted by molar-refractivity contribution is 6.29. The van der Waals surface area contributed by atoms with Gasteiger partial charge in [0.1, 0.15) is 17.0 Å². The fourth-order valence-electron chi connectivity index (χ4n) is 2.57. The van der Waals surface area contributed by atoms with E-state index in [0.717, 1.165) is 6.07 Å². The minimum absolute atomic E-state index is 0.0768. The minimum Gasteiger partial charge on any atom is -0.462 e. The van der Waals surface area contributed by atoms with Crippen LogP contribution in [0.15, 0.2) is 41.3 Å². The molecule has 0 aliphatic carbocycles. The molecule has 0 saturated carbocycles. The Morgan fingerprint density at radius 3 is 2.77 bits per heavy atom. The molecule has 3 aromatic rings. The number of rotatable bonds is 4. The minimum atomic E-state index is -0.880. The van der Waals surface area contributed by atoms with Gasteiger partial charge in [0, 0.05) is 12.7 Å². The smallest absolute Gasteiger partial charge is 0.343 e. The summed E-state index contributed by atoms with van der Waals surface area (Å²) in [5, 5.41) is -0.525. The summed E-state index contributed by atoms with van der Waals surface area (Å²) in [6.07, 6.45) is 1.26. The number of hydrogen-bond acceptors (Lipinski definition) is 4. The molecule has 134 valence electrons. The largest absolute Gasteiger partial charge is 0.462 e. The number of aromatic nitrogens is 2. The van der Waals surface area contributed by atoms with E-state index >= 15 is 0 Å². The van der Waals surface area contributed by atoms with E-state index in [2.05, 4.69) is 4.98 Å². The number of carbonyl (C=O) groups is 1. The summed E-state index contributed by atoms with van der Waals surface area (Å²) in [6, 6.07) is 6.72. The maximum absolute atomic E-state index is 13.8. The highest BCUT2D eigenvalue weighted by atomic mass is 35.5. The first-order chi connectivity index (χ1) is 12.4. The molecule has 0 spiro atoms. The standard InChI is InChI=1S/C18H13ClF2N2O3/c1-2-26-18(25)13-9-23(8-10-4-3-5-11(20)6-10)17-12(15(13)24)7-14(21)16(19)22-17/h3-7,9H,2,8H2,1H3. The molecule has 2 aromatic heterocycles. The van der Waals surface area contributed by atoms with Gasteiger partial charge in [-0.25, -0.2) is 18.6 Å². The van der Waals surface area contributed by atoms with Crippen molar-refractivity contribution in [2.75, 3.05) is 6.61 Å². The van der Waals surface area contributed by atoms with E-state index in [1.54, 1.807) is 13.0 Å². The van der Waals surface area contributed by atoms with Crippen LogP contribution in [-0.2, 0) is 11.3 Å². The topological polar surface area (TPSA) is 61.2 Å². The highest BCUT2D eigenvalue weighted by Crippen LogP contribution is 2.19. The Kier molecular flexibility index (Phi) is 4.99. The molecule has 0 amide bonds. The second kappa shape index (κ2) is 7.21. The zero-order valence-corrected chi connectivity index (χ0v) is 14.4. The molecule has 8 heteroatoms. The lowest BCUT2D eigenvalue weighted by atomic mass is 10.1. The molecule has 3 rings (SSSR count). The van der Waals surface area contributed by atoms with Crippen molar-refractivity contribution < 1.29 is 18.3 Å². The van der Waals surface area contributed by atoms with Gasteiger partial charge in [-0.3, -0.25) is 4.79 Å². The molecule has 0 bridgehead atoms. The van der Waals surface area contributed by atoms with E-state index in [1.807, 2.05) is 0 Å².